The number of aldehydes is 1. The maximum Gasteiger partial charge on any atom is 0.150 e. The highest BCUT2D eigenvalue weighted by atomic mass is 16.5. The first-order chi connectivity index (χ1) is 9.86. The van der Waals surface area contributed by atoms with E-state index in [1.807, 2.05) is 0 Å². The molecule has 0 saturated carbocycles. The number of ether oxygens (including phenoxy) is 3. The summed E-state index contributed by atoms with van der Waals surface area (Å²) in [6.07, 6.45) is 4.37. The highest BCUT2D eigenvalue weighted by Gasteiger charge is 1.95. The molecule has 1 aromatic carbocycles. The van der Waals surface area contributed by atoms with Gasteiger partial charge < -0.3 is 14.2 Å². The molecule has 1 aromatic rings. The van der Waals surface area contributed by atoms with Crippen LogP contribution in [-0.2, 0) is 9.47 Å². The van der Waals surface area contributed by atoms with Crippen LogP contribution in [0.5, 0.6) is 5.75 Å². The molecule has 0 bridgehead atoms. The van der Waals surface area contributed by atoms with Crippen LogP contribution < -0.4 is 4.74 Å². The maximum atomic E-state index is 10.5. The van der Waals surface area contributed by atoms with E-state index in [0.717, 1.165) is 25.1 Å². The molecule has 0 radical (unpaired) electrons. The molecule has 0 heterocycles. The average molecular weight is 280 g/mol. The quantitative estimate of drug-likeness (QED) is 0.436. The second-order valence-electron chi connectivity index (χ2n) is 4.47. The Morgan fingerprint density at radius 1 is 0.900 bits per heavy atom. The monoisotopic (exact) mass is 280 g/mol. The van der Waals surface area contributed by atoms with Crippen LogP contribution in [0.2, 0.25) is 0 Å². The molecule has 0 aliphatic rings. The molecule has 112 valence electrons. The standard InChI is InChI=1S/C16H24O4/c1-2-3-4-9-18-10-11-19-12-13-20-16-7-5-15(14-17)6-8-16/h5-8,14H,2-4,9-13H2,1H3. The summed E-state index contributed by atoms with van der Waals surface area (Å²) in [5.41, 5.74) is 0.647. The van der Waals surface area contributed by atoms with E-state index in [1.165, 1.54) is 12.8 Å². The van der Waals surface area contributed by atoms with Gasteiger partial charge in [0.2, 0.25) is 0 Å². The van der Waals surface area contributed by atoms with Crippen molar-refractivity contribution >= 4 is 6.29 Å². The fourth-order valence-corrected chi connectivity index (χ4v) is 1.64. The fraction of sp³-hybridized carbons (Fsp3) is 0.562. The van der Waals surface area contributed by atoms with Gasteiger partial charge in [0.05, 0.1) is 19.8 Å². The molecule has 0 aliphatic heterocycles. The van der Waals surface area contributed by atoms with E-state index in [2.05, 4.69) is 6.92 Å². The largest absolute Gasteiger partial charge is 0.491 e. The van der Waals surface area contributed by atoms with E-state index < -0.39 is 0 Å². The number of benzene rings is 1. The molecule has 0 N–H and O–H groups in total. The van der Waals surface area contributed by atoms with Crippen molar-refractivity contribution in [3.05, 3.63) is 29.8 Å². The second kappa shape index (κ2) is 11.4. The van der Waals surface area contributed by atoms with Crippen molar-refractivity contribution in [3.8, 4) is 5.75 Å². The van der Waals surface area contributed by atoms with E-state index >= 15 is 0 Å². The molecule has 0 atom stereocenters. The third kappa shape index (κ3) is 7.92. The molecule has 0 amide bonds. The van der Waals surface area contributed by atoms with Crippen LogP contribution in [0.3, 0.4) is 0 Å². The summed E-state index contributed by atoms with van der Waals surface area (Å²) < 4.78 is 16.3. The molecule has 0 unspecified atom stereocenters. The Morgan fingerprint density at radius 2 is 1.55 bits per heavy atom. The van der Waals surface area contributed by atoms with Crippen molar-refractivity contribution in [2.75, 3.05) is 33.0 Å². The highest BCUT2D eigenvalue weighted by Crippen LogP contribution is 2.10. The zero-order valence-corrected chi connectivity index (χ0v) is 12.2. The summed E-state index contributed by atoms with van der Waals surface area (Å²) >= 11 is 0. The molecule has 0 aliphatic carbocycles. The Hall–Kier alpha value is -1.39. The predicted octanol–water partition coefficient (Wildman–Crippen LogP) is 3.10. The molecule has 0 fully saturated rings. The smallest absolute Gasteiger partial charge is 0.150 e. The average Bonchev–Trinajstić information content (AvgIpc) is 2.50. The van der Waals surface area contributed by atoms with Gasteiger partial charge in [-0.3, -0.25) is 4.79 Å². The summed E-state index contributed by atoms with van der Waals surface area (Å²) in [6.45, 7) is 5.26. The van der Waals surface area contributed by atoms with E-state index in [-0.39, 0.29) is 0 Å². The summed E-state index contributed by atoms with van der Waals surface area (Å²) in [7, 11) is 0. The SMILES string of the molecule is CCCCCOCCOCCOc1ccc(C=O)cc1. The highest BCUT2D eigenvalue weighted by molar-refractivity contribution is 5.74. The molecular formula is C16H24O4. The van der Waals surface area contributed by atoms with E-state index in [4.69, 9.17) is 14.2 Å². The molecule has 4 nitrogen and oxygen atoms in total. The van der Waals surface area contributed by atoms with Gasteiger partial charge in [0.1, 0.15) is 18.6 Å². The molecule has 4 heteroatoms. The van der Waals surface area contributed by atoms with Gasteiger partial charge in [-0.2, -0.15) is 0 Å². The summed E-state index contributed by atoms with van der Waals surface area (Å²) in [6, 6.07) is 7.02. The zero-order chi connectivity index (χ0) is 14.5. The lowest BCUT2D eigenvalue weighted by molar-refractivity contribution is 0.0353. The summed E-state index contributed by atoms with van der Waals surface area (Å²) in [5, 5.41) is 0. The summed E-state index contributed by atoms with van der Waals surface area (Å²) in [4.78, 5) is 10.5. The van der Waals surface area contributed by atoms with E-state index in [9.17, 15) is 4.79 Å². The lowest BCUT2D eigenvalue weighted by Gasteiger charge is -2.07. The zero-order valence-electron chi connectivity index (χ0n) is 12.2. The van der Waals surface area contributed by atoms with Gasteiger partial charge in [-0.05, 0) is 30.7 Å². The second-order valence-corrected chi connectivity index (χ2v) is 4.47. The van der Waals surface area contributed by atoms with Gasteiger partial charge >= 0.3 is 0 Å². The van der Waals surface area contributed by atoms with Crippen molar-refractivity contribution in [2.45, 2.75) is 26.2 Å². The Balaban J connectivity index is 1.92. The number of hydrogen-bond donors (Lipinski definition) is 0. The minimum Gasteiger partial charge on any atom is -0.491 e. The van der Waals surface area contributed by atoms with Crippen molar-refractivity contribution in [2.24, 2.45) is 0 Å². The van der Waals surface area contributed by atoms with Crippen LogP contribution in [0.1, 0.15) is 36.5 Å². The molecule has 0 aromatic heterocycles. The van der Waals surface area contributed by atoms with Crippen LogP contribution in [-0.4, -0.2) is 39.3 Å². The third-order valence-electron chi connectivity index (χ3n) is 2.78. The first-order valence-corrected chi connectivity index (χ1v) is 7.20. The van der Waals surface area contributed by atoms with Gasteiger partial charge in [0.15, 0.2) is 0 Å². The normalized spacial score (nSPS) is 10.4. The molecule has 1 rings (SSSR count). The van der Waals surface area contributed by atoms with Gasteiger partial charge in [0, 0.05) is 12.2 Å². The number of rotatable bonds is 12. The van der Waals surface area contributed by atoms with Crippen molar-refractivity contribution in [3.63, 3.8) is 0 Å². The van der Waals surface area contributed by atoms with Crippen LogP contribution in [0.15, 0.2) is 24.3 Å². The lowest BCUT2D eigenvalue weighted by Crippen LogP contribution is -2.11. The Bertz CT molecular complexity index is 348. The molecule has 0 spiro atoms. The topological polar surface area (TPSA) is 44.8 Å². The van der Waals surface area contributed by atoms with Crippen molar-refractivity contribution in [1.29, 1.82) is 0 Å². The summed E-state index contributed by atoms with van der Waals surface area (Å²) in [5.74, 6) is 0.745. The Morgan fingerprint density at radius 3 is 2.20 bits per heavy atom. The van der Waals surface area contributed by atoms with E-state index in [1.54, 1.807) is 24.3 Å². The van der Waals surface area contributed by atoms with Crippen LogP contribution in [0, 0.1) is 0 Å². The Labute approximate surface area is 121 Å². The minimum absolute atomic E-state index is 0.496. The van der Waals surface area contributed by atoms with Gasteiger partial charge in [-0.15, -0.1) is 0 Å². The number of unbranched alkanes of at least 4 members (excludes halogenated alkanes) is 2. The molecule has 0 saturated heterocycles. The van der Waals surface area contributed by atoms with Crippen LogP contribution >= 0.6 is 0 Å². The van der Waals surface area contributed by atoms with Crippen molar-refractivity contribution < 1.29 is 19.0 Å². The number of carbonyl (C=O) groups excluding carboxylic acids is 1. The van der Waals surface area contributed by atoms with Gasteiger partial charge in [0.25, 0.3) is 0 Å². The number of carbonyl (C=O) groups is 1. The minimum atomic E-state index is 0.496. The predicted molar refractivity (Wildman–Crippen MR) is 78.5 cm³/mol. The number of hydrogen-bond acceptors (Lipinski definition) is 4. The van der Waals surface area contributed by atoms with E-state index in [0.29, 0.717) is 32.0 Å². The maximum absolute atomic E-state index is 10.5. The third-order valence-corrected chi connectivity index (χ3v) is 2.78. The lowest BCUT2D eigenvalue weighted by atomic mass is 10.2. The fourth-order valence-electron chi connectivity index (χ4n) is 1.64. The first-order valence-electron chi connectivity index (χ1n) is 7.20. The Kier molecular flexibility index (Phi) is 9.53. The molecular weight excluding hydrogens is 256 g/mol. The van der Waals surface area contributed by atoms with Gasteiger partial charge in [-0.25, -0.2) is 0 Å². The van der Waals surface area contributed by atoms with Crippen LogP contribution in [0.25, 0.3) is 0 Å². The first kappa shape index (κ1) is 16.7. The van der Waals surface area contributed by atoms with Gasteiger partial charge in [-0.1, -0.05) is 19.8 Å². The van der Waals surface area contributed by atoms with Crippen LogP contribution in [0.4, 0.5) is 0 Å². The van der Waals surface area contributed by atoms with Crippen molar-refractivity contribution in [1.82, 2.24) is 0 Å². The molecule has 20 heavy (non-hydrogen) atoms.